The van der Waals surface area contributed by atoms with Gasteiger partial charge >= 0.3 is 5.97 Å². The van der Waals surface area contributed by atoms with Gasteiger partial charge in [0.1, 0.15) is 5.82 Å². The van der Waals surface area contributed by atoms with E-state index in [9.17, 15) is 14.0 Å². The Labute approximate surface area is 111 Å². The highest BCUT2D eigenvalue weighted by atomic mass is 19.1. The second-order valence-electron chi connectivity index (χ2n) is 4.84. The van der Waals surface area contributed by atoms with Crippen molar-refractivity contribution in [3.63, 3.8) is 0 Å². The first-order valence-corrected chi connectivity index (χ1v) is 6.10. The van der Waals surface area contributed by atoms with Crippen LogP contribution in [0.2, 0.25) is 0 Å². The van der Waals surface area contributed by atoms with Gasteiger partial charge in [0.2, 0.25) is 0 Å². The minimum atomic E-state index is -0.972. The summed E-state index contributed by atoms with van der Waals surface area (Å²) in [6, 6.07) is 4.54. The maximum absolute atomic E-state index is 13.7. The lowest BCUT2D eigenvalue weighted by Gasteiger charge is -2.17. The van der Waals surface area contributed by atoms with Crippen LogP contribution < -0.4 is 5.32 Å². The molecule has 104 valence electrons. The molecule has 2 N–H and O–H groups in total. The van der Waals surface area contributed by atoms with Gasteiger partial charge in [-0.1, -0.05) is 26.0 Å². The van der Waals surface area contributed by atoms with Gasteiger partial charge in [-0.15, -0.1) is 0 Å². The molecule has 1 aromatic rings. The van der Waals surface area contributed by atoms with Gasteiger partial charge in [0.25, 0.3) is 5.91 Å². The highest BCUT2D eigenvalue weighted by molar-refractivity contribution is 5.94. The summed E-state index contributed by atoms with van der Waals surface area (Å²) in [6.45, 7) is 5.08. The van der Waals surface area contributed by atoms with Crippen molar-refractivity contribution in [1.29, 1.82) is 0 Å². The van der Waals surface area contributed by atoms with Gasteiger partial charge < -0.3 is 10.4 Å². The molecule has 0 aliphatic heterocycles. The van der Waals surface area contributed by atoms with Gasteiger partial charge in [-0.05, 0) is 24.5 Å². The zero-order valence-electron chi connectivity index (χ0n) is 11.2. The summed E-state index contributed by atoms with van der Waals surface area (Å²) in [6.07, 6.45) is 0. The van der Waals surface area contributed by atoms with E-state index in [2.05, 4.69) is 5.32 Å². The Morgan fingerprint density at radius 3 is 2.53 bits per heavy atom. The third-order valence-corrected chi connectivity index (χ3v) is 3.04. The number of carboxylic acids is 1. The fourth-order valence-corrected chi connectivity index (χ4v) is 1.73. The summed E-state index contributed by atoms with van der Waals surface area (Å²) in [5.41, 5.74) is 0.319. The number of aryl methyl sites for hydroxylation is 1. The molecule has 0 fully saturated rings. The number of halogens is 1. The molecule has 1 atom stereocenters. The van der Waals surface area contributed by atoms with Gasteiger partial charge in [0.15, 0.2) is 0 Å². The first-order chi connectivity index (χ1) is 8.84. The molecular weight excluding hydrogens is 249 g/mol. The molecule has 0 saturated heterocycles. The van der Waals surface area contributed by atoms with Crippen molar-refractivity contribution in [1.82, 2.24) is 5.32 Å². The number of nitrogens with one attached hydrogen (secondary N) is 1. The normalized spacial score (nSPS) is 12.3. The molecule has 0 spiro atoms. The highest BCUT2D eigenvalue weighted by Crippen LogP contribution is 2.13. The molecule has 0 aliphatic carbocycles. The Morgan fingerprint density at radius 1 is 1.37 bits per heavy atom. The molecule has 0 aliphatic rings. The van der Waals surface area contributed by atoms with Crippen LogP contribution in [0.3, 0.4) is 0 Å². The Hall–Kier alpha value is -1.91. The minimum Gasteiger partial charge on any atom is -0.481 e. The maximum Gasteiger partial charge on any atom is 0.308 e. The molecule has 1 unspecified atom stereocenters. The van der Waals surface area contributed by atoms with Crippen LogP contribution in [-0.4, -0.2) is 23.5 Å². The van der Waals surface area contributed by atoms with Crippen LogP contribution in [-0.2, 0) is 4.79 Å². The van der Waals surface area contributed by atoms with Crippen molar-refractivity contribution in [2.75, 3.05) is 6.54 Å². The third-order valence-electron chi connectivity index (χ3n) is 3.04. The lowest BCUT2D eigenvalue weighted by Crippen LogP contribution is -2.35. The van der Waals surface area contributed by atoms with E-state index in [1.807, 2.05) is 0 Å². The third kappa shape index (κ3) is 3.77. The predicted octanol–water partition coefficient (Wildman–Crippen LogP) is 2.22. The van der Waals surface area contributed by atoms with Gasteiger partial charge in [-0.2, -0.15) is 0 Å². The number of carboxylic acid groups (broad SMARTS) is 1. The topological polar surface area (TPSA) is 66.4 Å². The number of hydrogen-bond donors (Lipinski definition) is 2. The van der Waals surface area contributed by atoms with E-state index < -0.39 is 23.6 Å². The Bertz CT molecular complexity index is 486. The van der Waals surface area contributed by atoms with Crippen LogP contribution in [0.1, 0.15) is 29.8 Å². The van der Waals surface area contributed by atoms with Crippen molar-refractivity contribution >= 4 is 11.9 Å². The quantitative estimate of drug-likeness (QED) is 0.859. The lowest BCUT2D eigenvalue weighted by atomic mass is 9.96. The van der Waals surface area contributed by atoms with Gasteiger partial charge in [-0.25, -0.2) is 4.39 Å². The summed E-state index contributed by atoms with van der Waals surface area (Å²) in [5, 5.41) is 11.5. The zero-order chi connectivity index (χ0) is 14.6. The van der Waals surface area contributed by atoms with Crippen molar-refractivity contribution in [2.24, 2.45) is 11.8 Å². The molecule has 4 nitrogen and oxygen atoms in total. The molecule has 1 rings (SSSR count). The van der Waals surface area contributed by atoms with Crippen LogP contribution >= 0.6 is 0 Å². The Morgan fingerprint density at radius 2 is 2.00 bits per heavy atom. The Balaban J connectivity index is 2.75. The predicted molar refractivity (Wildman–Crippen MR) is 69.4 cm³/mol. The second kappa shape index (κ2) is 6.31. The minimum absolute atomic E-state index is 0.0147. The van der Waals surface area contributed by atoms with Crippen molar-refractivity contribution in [2.45, 2.75) is 20.8 Å². The van der Waals surface area contributed by atoms with E-state index in [1.54, 1.807) is 32.9 Å². The molecule has 1 aromatic carbocycles. The van der Waals surface area contributed by atoms with Crippen molar-refractivity contribution in [3.05, 3.63) is 35.1 Å². The summed E-state index contributed by atoms with van der Waals surface area (Å²) >= 11 is 0. The largest absolute Gasteiger partial charge is 0.481 e. The average molecular weight is 267 g/mol. The Kier molecular flexibility index (Phi) is 5.03. The maximum atomic E-state index is 13.7. The number of aliphatic carboxylic acids is 1. The SMILES string of the molecule is Cc1cccc(C(=O)NCC(C(=O)O)C(C)C)c1F. The first-order valence-electron chi connectivity index (χ1n) is 6.10. The molecule has 0 aromatic heterocycles. The monoisotopic (exact) mass is 267 g/mol. The van der Waals surface area contributed by atoms with E-state index in [1.165, 1.54) is 6.07 Å². The summed E-state index contributed by atoms with van der Waals surface area (Å²) in [4.78, 5) is 22.8. The molecule has 0 bridgehead atoms. The molecule has 0 saturated carbocycles. The standard InChI is InChI=1S/C14H18FNO3/c1-8(2)11(14(18)19)7-16-13(17)10-6-4-5-9(3)12(10)15/h4-6,8,11H,7H2,1-3H3,(H,16,17)(H,18,19). The van der Waals surface area contributed by atoms with Crippen molar-refractivity contribution < 1.29 is 19.1 Å². The highest BCUT2D eigenvalue weighted by Gasteiger charge is 2.23. The lowest BCUT2D eigenvalue weighted by molar-refractivity contribution is -0.142. The van der Waals surface area contributed by atoms with Crippen LogP contribution in [0.15, 0.2) is 18.2 Å². The van der Waals surface area contributed by atoms with E-state index >= 15 is 0 Å². The molecule has 0 radical (unpaired) electrons. The second-order valence-corrected chi connectivity index (χ2v) is 4.84. The molecule has 19 heavy (non-hydrogen) atoms. The summed E-state index contributed by atoms with van der Waals surface area (Å²) in [7, 11) is 0. The first kappa shape index (κ1) is 15.1. The van der Waals surface area contributed by atoms with Gasteiger partial charge in [-0.3, -0.25) is 9.59 Å². The van der Waals surface area contributed by atoms with Gasteiger partial charge in [0, 0.05) is 6.54 Å². The molecule has 5 heteroatoms. The van der Waals surface area contributed by atoms with E-state index in [-0.39, 0.29) is 18.0 Å². The number of amides is 1. The number of carbonyl (C=O) groups is 2. The fourth-order valence-electron chi connectivity index (χ4n) is 1.73. The fraction of sp³-hybridized carbons (Fsp3) is 0.429. The number of rotatable bonds is 5. The van der Waals surface area contributed by atoms with Crippen LogP contribution in [0, 0.1) is 24.6 Å². The zero-order valence-corrected chi connectivity index (χ0v) is 11.2. The smallest absolute Gasteiger partial charge is 0.308 e. The summed E-state index contributed by atoms with van der Waals surface area (Å²) in [5.74, 6) is -2.93. The van der Waals surface area contributed by atoms with E-state index in [0.29, 0.717) is 5.56 Å². The van der Waals surface area contributed by atoms with E-state index in [4.69, 9.17) is 5.11 Å². The van der Waals surface area contributed by atoms with Crippen LogP contribution in [0.4, 0.5) is 4.39 Å². The van der Waals surface area contributed by atoms with E-state index in [0.717, 1.165) is 0 Å². The number of benzene rings is 1. The molecular formula is C14H18FNO3. The number of carbonyl (C=O) groups excluding carboxylic acids is 1. The number of hydrogen-bond acceptors (Lipinski definition) is 2. The van der Waals surface area contributed by atoms with Crippen LogP contribution in [0.5, 0.6) is 0 Å². The average Bonchev–Trinajstić information content (AvgIpc) is 2.31. The summed E-state index contributed by atoms with van der Waals surface area (Å²) < 4.78 is 13.7. The van der Waals surface area contributed by atoms with Crippen molar-refractivity contribution in [3.8, 4) is 0 Å². The molecule has 0 heterocycles. The van der Waals surface area contributed by atoms with Gasteiger partial charge in [0.05, 0.1) is 11.5 Å². The van der Waals surface area contributed by atoms with Crippen LogP contribution in [0.25, 0.3) is 0 Å². The molecule has 1 amide bonds.